The number of hydrogen-bond donors (Lipinski definition) is 0. The van der Waals surface area contributed by atoms with E-state index in [0.717, 1.165) is 28.3 Å². The summed E-state index contributed by atoms with van der Waals surface area (Å²) in [6.45, 7) is 0. The summed E-state index contributed by atoms with van der Waals surface area (Å²) in [7, 11) is 0. The molecule has 3 aromatic rings. The summed E-state index contributed by atoms with van der Waals surface area (Å²) >= 11 is 8.03. The molecule has 130 valence electrons. The molecule has 2 atom stereocenters. The third-order valence-corrected chi connectivity index (χ3v) is 5.99. The lowest BCUT2D eigenvalue weighted by atomic mass is 9.97. The Morgan fingerprint density at radius 2 is 2.00 bits per heavy atom. The van der Waals surface area contributed by atoms with Gasteiger partial charge in [0.2, 0.25) is 6.23 Å². The Kier molecular flexibility index (Phi) is 3.72. The molecule has 0 bridgehead atoms. The first-order chi connectivity index (χ1) is 12.7. The summed E-state index contributed by atoms with van der Waals surface area (Å²) in [6, 6.07) is 16.4. The minimum Gasteiger partial charge on any atom is -0.464 e. The molecule has 0 aliphatic carbocycles. The fraction of sp³-hybridized carbons (Fsp3) is 0.150. The van der Waals surface area contributed by atoms with Crippen molar-refractivity contribution in [3.05, 3.63) is 86.8 Å². The number of fused-ring (bicyclic) bond motifs is 3. The molecule has 0 N–H and O–H groups in total. The lowest BCUT2D eigenvalue weighted by molar-refractivity contribution is -0.0191. The van der Waals surface area contributed by atoms with Gasteiger partial charge in [0.05, 0.1) is 16.6 Å². The van der Waals surface area contributed by atoms with Gasteiger partial charge in [-0.05, 0) is 35.7 Å². The lowest BCUT2D eigenvalue weighted by Gasteiger charge is -2.38. The molecule has 0 saturated heterocycles. The summed E-state index contributed by atoms with van der Waals surface area (Å²) < 4.78 is 20.1. The Morgan fingerprint density at radius 1 is 1.12 bits per heavy atom. The van der Waals surface area contributed by atoms with E-state index >= 15 is 0 Å². The van der Waals surface area contributed by atoms with E-state index in [-0.39, 0.29) is 11.9 Å². The minimum absolute atomic E-state index is 0.0429. The molecule has 26 heavy (non-hydrogen) atoms. The third kappa shape index (κ3) is 2.50. The highest BCUT2D eigenvalue weighted by Gasteiger charge is 2.41. The second kappa shape index (κ2) is 6.11. The van der Waals surface area contributed by atoms with Crippen molar-refractivity contribution in [2.75, 3.05) is 0 Å². The zero-order valence-electron chi connectivity index (χ0n) is 13.6. The van der Waals surface area contributed by atoms with Crippen molar-refractivity contribution in [3.8, 4) is 5.75 Å². The molecule has 5 rings (SSSR count). The Bertz CT molecular complexity index is 1000. The number of thiophene rings is 1. The van der Waals surface area contributed by atoms with E-state index in [9.17, 15) is 4.39 Å². The molecule has 6 heteroatoms. The van der Waals surface area contributed by atoms with Gasteiger partial charge in [-0.15, -0.1) is 11.3 Å². The van der Waals surface area contributed by atoms with E-state index in [4.69, 9.17) is 21.4 Å². The van der Waals surface area contributed by atoms with Crippen LogP contribution in [0.4, 0.5) is 4.39 Å². The molecular weight excluding hydrogens is 371 g/mol. The molecule has 2 aliphatic rings. The zero-order valence-corrected chi connectivity index (χ0v) is 15.2. The van der Waals surface area contributed by atoms with Gasteiger partial charge in [-0.1, -0.05) is 35.9 Å². The van der Waals surface area contributed by atoms with Gasteiger partial charge in [-0.2, -0.15) is 5.10 Å². The molecule has 0 fully saturated rings. The smallest absolute Gasteiger partial charge is 0.215 e. The number of halogens is 2. The Morgan fingerprint density at radius 3 is 2.85 bits per heavy atom. The Balaban J connectivity index is 1.64. The molecule has 3 nitrogen and oxygen atoms in total. The normalized spacial score (nSPS) is 21.0. The topological polar surface area (TPSA) is 24.8 Å². The highest BCUT2D eigenvalue weighted by atomic mass is 35.5. The summed E-state index contributed by atoms with van der Waals surface area (Å²) in [5, 5.41) is 9.26. The van der Waals surface area contributed by atoms with Crippen LogP contribution < -0.4 is 4.74 Å². The second-order valence-electron chi connectivity index (χ2n) is 6.30. The van der Waals surface area contributed by atoms with E-state index in [1.165, 1.54) is 12.1 Å². The molecule has 0 radical (unpaired) electrons. The standard InChI is InChI=1S/C20H14ClFN2OS/c21-15-8-7-12(22)10-14(15)20-24-17(13-4-1-2-5-18(13)25-20)11-16(23-24)19-6-3-9-26-19/h1-10,17,20H,11H2/t17-,20-/m0/s1. The third-order valence-electron chi connectivity index (χ3n) is 4.73. The highest BCUT2D eigenvalue weighted by Crippen LogP contribution is 2.48. The summed E-state index contributed by atoms with van der Waals surface area (Å²) in [5.41, 5.74) is 2.69. The quantitative estimate of drug-likeness (QED) is 0.559. The van der Waals surface area contributed by atoms with Gasteiger partial charge in [-0.3, -0.25) is 0 Å². The monoisotopic (exact) mass is 384 g/mol. The van der Waals surface area contributed by atoms with Crippen LogP contribution in [0.5, 0.6) is 5.75 Å². The van der Waals surface area contributed by atoms with Crippen molar-refractivity contribution in [1.82, 2.24) is 5.01 Å². The van der Waals surface area contributed by atoms with E-state index in [0.29, 0.717) is 10.6 Å². The Labute approximate surface area is 159 Å². The van der Waals surface area contributed by atoms with Crippen LogP contribution in [-0.4, -0.2) is 10.7 Å². The predicted molar refractivity (Wildman–Crippen MR) is 101 cm³/mol. The minimum atomic E-state index is -0.560. The zero-order chi connectivity index (χ0) is 17.7. The van der Waals surface area contributed by atoms with Gasteiger partial charge in [0.15, 0.2) is 0 Å². The van der Waals surface area contributed by atoms with Gasteiger partial charge >= 0.3 is 0 Å². The van der Waals surface area contributed by atoms with E-state index in [1.54, 1.807) is 17.4 Å². The number of benzene rings is 2. The van der Waals surface area contributed by atoms with E-state index in [2.05, 4.69) is 12.1 Å². The fourth-order valence-electron chi connectivity index (χ4n) is 3.53. The number of hydrogen-bond acceptors (Lipinski definition) is 4. The average Bonchev–Trinajstić information content (AvgIpc) is 3.32. The maximum absolute atomic E-state index is 13.9. The van der Waals surface area contributed by atoms with Crippen LogP contribution in [0.3, 0.4) is 0 Å². The molecule has 2 aromatic carbocycles. The fourth-order valence-corrected chi connectivity index (χ4v) is 4.47. The van der Waals surface area contributed by atoms with Crippen LogP contribution >= 0.6 is 22.9 Å². The van der Waals surface area contributed by atoms with Gasteiger partial charge in [0, 0.05) is 22.6 Å². The van der Waals surface area contributed by atoms with Gasteiger partial charge < -0.3 is 4.74 Å². The summed E-state index contributed by atoms with van der Waals surface area (Å²) in [5.74, 6) is 0.451. The maximum Gasteiger partial charge on any atom is 0.215 e. The summed E-state index contributed by atoms with van der Waals surface area (Å²) in [4.78, 5) is 1.14. The van der Waals surface area contributed by atoms with Crippen LogP contribution in [0.15, 0.2) is 65.1 Å². The number of ether oxygens (including phenoxy) is 1. The van der Waals surface area contributed by atoms with Crippen LogP contribution in [0.2, 0.25) is 5.02 Å². The van der Waals surface area contributed by atoms with Crippen molar-refractivity contribution in [3.63, 3.8) is 0 Å². The van der Waals surface area contributed by atoms with Crippen molar-refractivity contribution in [1.29, 1.82) is 0 Å². The SMILES string of the molecule is Fc1ccc(Cl)c([C@@H]2Oc3ccccc3[C@@H]3CC(c4cccs4)=NN32)c1. The molecular formula is C20H14ClFN2OS. The van der Waals surface area contributed by atoms with Gasteiger partial charge in [0.25, 0.3) is 0 Å². The lowest BCUT2D eigenvalue weighted by Crippen LogP contribution is -2.33. The first-order valence-corrected chi connectivity index (χ1v) is 9.57. The Hall–Kier alpha value is -2.37. The van der Waals surface area contributed by atoms with Crippen LogP contribution in [0.25, 0.3) is 0 Å². The predicted octanol–water partition coefficient (Wildman–Crippen LogP) is 5.78. The maximum atomic E-state index is 13.9. The molecule has 1 aromatic heterocycles. The molecule has 0 spiro atoms. The molecule has 2 aliphatic heterocycles. The molecule has 3 heterocycles. The van der Waals surface area contributed by atoms with Crippen molar-refractivity contribution >= 4 is 28.6 Å². The number of rotatable bonds is 2. The van der Waals surface area contributed by atoms with Crippen molar-refractivity contribution in [2.45, 2.75) is 18.7 Å². The first kappa shape index (κ1) is 15.9. The van der Waals surface area contributed by atoms with E-state index in [1.807, 2.05) is 34.7 Å². The molecule has 0 saturated carbocycles. The average molecular weight is 385 g/mol. The first-order valence-electron chi connectivity index (χ1n) is 8.31. The largest absolute Gasteiger partial charge is 0.464 e. The molecule has 0 amide bonds. The number of para-hydroxylation sites is 1. The van der Waals surface area contributed by atoms with Gasteiger partial charge in [-0.25, -0.2) is 9.40 Å². The summed E-state index contributed by atoms with van der Waals surface area (Å²) in [6.07, 6.45) is 0.222. The van der Waals surface area contributed by atoms with Crippen LogP contribution in [0, 0.1) is 5.82 Å². The second-order valence-corrected chi connectivity index (χ2v) is 7.65. The highest BCUT2D eigenvalue weighted by molar-refractivity contribution is 7.12. The van der Waals surface area contributed by atoms with E-state index < -0.39 is 6.23 Å². The number of hydrazone groups is 1. The van der Waals surface area contributed by atoms with Gasteiger partial charge in [0.1, 0.15) is 11.6 Å². The van der Waals surface area contributed by atoms with Crippen molar-refractivity contribution in [2.24, 2.45) is 5.10 Å². The van der Waals surface area contributed by atoms with Crippen LogP contribution in [0.1, 0.15) is 34.7 Å². The molecule has 0 unspecified atom stereocenters. The number of nitrogens with zero attached hydrogens (tertiary/aromatic N) is 2. The van der Waals surface area contributed by atoms with Crippen LogP contribution in [-0.2, 0) is 0 Å². The van der Waals surface area contributed by atoms with Crippen molar-refractivity contribution < 1.29 is 9.13 Å².